The fourth-order valence-corrected chi connectivity index (χ4v) is 6.37. The summed E-state index contributed by atoms with van der Waals surface area (Å²) in [4.78, 5) is 22.8. The van der Waals surface area contributed by atoms with Crippen LogP contribution >= 0.6 is 11.3 Å². The molecule has 2 fully saturated rings. The fraction of sp³-hybridized carbons (Fsp3) is 0.524. The van der Waals surface area contributed by atoms with E-state index >= 15 is 0 Å². The zero-order valence-corrected chi connectivity index (χ0v) is 19.8. The minimum absolute atomic E-state index is 0.0334. The van der Waals surface area contributed by atoms with Crippen molar-refractivity contribution in [3.8, 4) is 5.88 Å². The first kappa shape index (κ1) is 22.2. The number of methoxy groups -OCH3 is 1. The van der Waals surface area contributed by atoms with Gasteiger partial charge in [-0.1, -0.05) is 11.3 Å². The van der Waals surface area contributed by atoms with Gasteiger partial charge in [-0.25, -0.2) is 18.4 Å². The predicted octanol–water partition coefficient (Wildman–Crippen LogP) is 2.83. The number of carbonyl (C=O) groups is 1. The third-order valence-corrected chi connectivity index (χ3v) is 9.06. The second-order valence-electron chi connectivity index (χ2n) is 8.37. The number of ether oxygens (including phenoxy) is 2. The van der Waals surface area contributed by atoms with Crippen LogP contribution in [0.25, 0.3) is 10.3 Å². The molecule has 3 aromatic heterocycles. The van der Waals surface area contributed by atoms with Crippen LogP contribution in [0.4, 0.5) is 5.13 Å². The monoisotopic (exact) mass is 491 g/mol. The molecule has 1 aliphatic carbocycles. The lowest BCUT2D eigenvalue weighted by Crippen LogP contribution is -2.30. The van der Waals surface area contributed by atoms with Crippen molar-refractivity contribution < 1.29 is 22.7 Å². The van der Waals surface area contributed by atoms with Crippen molar-refractivity contribution in [2.75, 3.05) is 25.6 Å². The molecule has 1 atom stereocenters. The lowest BCUT2D eigenvalue weighted by Gasteiger charge is -2.26. The molecule has 33 heavy (non-hydrogen) atoms. The van der Waals surface area contributed by atoms with Crippen LogP contribution in [-0.4, -0.2) is 59.6 Å². The van der Waals surface area contributed by atoms with Gasteiger partial charge in [-0.15, -0.1) is 0 Å². The number of carbonyl (C=O) groups excluding carboxylic acids is 1. The van der Waals surface area contributed by atoms with Gasteiger partial charge in [0.15, 0.2) is 20.0 Å². The number of hydrogen-bond acceptors (Lipinski definition) is 9. The quantitative estimate of drug-likeness (QED) is 0.510. The molecule has 5 rings (SSSR count). The van der Waals surface area contributed by atoms with Crippen LogP contribution in [0.3, 0.4) is 0 Å². The summed E-state index contributed by atoms with van der Waals surface area (Å²) in [6.07, 6.45) is 5.15. The summed E-state index contributed by atoms with van der Waals surface area (Å²) in [5.74, 6) is 0.469. The number of amides is 1. The molecule has 1 N–H and O–H groups in total. The molecule has 1 saturated carbocycles. The molecule has 1 aliphatic heterocycles. The van der Waals surface area contributed by atoms with E-state index in [1.54, 1.807) is 25.4 Å². The molecule has 2 aliphatic rings. The first-order chi connectivity index (χ1) is 15.9. The SMILES string of the molecule is COc1ccc2nc(NC(=O)C(CC3CCOCC3)n3ccc(S(=O)(=O)C4CC4)n3)sc2n1. The summed E-state index contributed by atoms with van der Waals surface area (Å²) in [6.45, 7) is 1.32. The molecule has 0 radical (unpaired) electrons. The standard InChI is InChI=1S/C21H25N5O5S2/c1-30-17-5-4-15-20(23-17)32-21(22-15)24-19(27)16(12-13-7-10-31-11-8-13)26-9-6-18(25-26)33(28,29)14-2-3-14/h4-6,9,13-14,16H,2-3,7-8,10-12H2,1H3,(H,22,24,27). The predicted molar refractivity (Wildman–Crippen MR) is 122 cm³/mol. The van der Waals surface area contributed by atoms with Gasteiger partial charge in [-0.2, -0.15) is 5.10 Å². The number of rotatable bonds is 8. The van der Waals surface area contributed by atoms with Crippen LogP contribution in [0.15, 0.2) is 29.4 Å². The van der Waals surface area contributed by atoms with Crippen molar-refractivity contribution in [2.24, 2.45) is 5.92 Å². The van der Waals surface area contributed by atoms with E-state index < -0.39 is 15.9 Å². The summed E-state index contributed by atoms with van der Waals surface area (Å²) in [7, 11) is -1.89. The first-order valence-electron chi connectivity index (χ1n) is 10.9. The van der Waals surface area contributed by atoms with E-state index in [2.05, 4.69) is 20.4 Å². The van der Waals surface area contributed by atoms with Gasteiger partial charge in [0, 0.05) is 25.5 Å². The number of anilines is 1. The number of fused-ring (bicyclic) bond motifs is 1. The summed E-state index contributed by atoms with van der Waals surface area (Å²) in [5, 5.41) is 7.32. The van der Waals surface area contributed by atoms with E-state index in [0.717, 1.165) is 12.8 Å². The Kier molecular flexibility index (Phi) is 6.06. The minimum Gasteiger partial charge on any atom is -0.481 e. The zero-order chi connectivity index (χ0) is 23.0. The summed E-state index contributed by atoms with van der Waals surface area (Å²) in [5.41, 5.74) is 0.661. The van der Waals surface area contributed by atoms with E-state index in [1.807, 2.05) is 0 Å². The maximum Gasteiger partial charge on any atom is 0.251 e. The van der Waals surface area contributed by atoms with E-state index in [-0.39, 0.29) is 22.1 Å². The van der Waals surface area contributed by atoms with Crippen molar-refractivity contribution in [2.45, 2.75) is 48.4 Å². The Hall–Kier alpha value is -2.57. The molecule has 1 saturated heterocycles. The molecule has 12 heteroatoms. The maximum absolute atomic E-state index is 13.4. The zero-order valence-electron chi connectivity index (χ0n) is 18.1. The molecule has 3 aromatic rings. The number of sulfone groups is 1. The third-order valence-electron chi connectivity index (χ3n) is 6.03. The van der Waals surface area contributed by atoms with Gasteiger partial charge >= 0.3 is 0 Å². The van der Waals surface area contributed by atoms with Crippen LogP contribution < -0.4 is 10.1 Å². The highest BCUT2D eigenvalue weighted by molar-refractivity contribution is 7.92. The van der Waals surface area contributed by atoms with Crippen molar-refractivity contribution in [1.29, 1.82) is 0 Å². The molecule has 10 nitrogen and oxygen atoms in total. The minimum atomic E-state index is -3.43. The second kappa shape index (κ2) is 8.99. The Balaban J connectivity index is 1.40. The Morgan fingerprint density at radius 1 is 1.24 bits per heavy atom. The molecule has 4 heterocycles. The number of aromatic nitrogens is 4. The molecule has 0 bridgehead atoms. The summed E-state index contributed by atoms with van der Waals surface area (Å²) in [6, 6.07) is 4.33. The van der Waals surface area contributed by atoms with E-state index in [9.17, 15) is 13.2 Å². The molecular weight excluding hydrogens is 466 g/mol. The Bertz CT molecular complexity index is 1260. The summed E-state index contributed by atoms with van der Waals surface area (Å²) >= 11 is 1.26. The maximum atomic E-state index is 13.4. The smallest absolute Gasteiger partial charge is 0.251 e. The number of pyridine rings is 1. The van der Waals surface area contributed by atoms with Gasteiger partial charge in [0.2, 0.25) is 5.88 Å². The highest BCUT2D eigenvalue weighted by Crippen LogP contribution is 2.34. The molecule has 0 spiro atoms. The van der Waals surface area contributed by atoms with Crippen LogP contribution in [0.1, 0.15) is 38.1 Å². The van der Waals surface area contributed by atoms with Crippen molar-refractivity contribution in [3.05, 3.63) is 24.4 Å². The third kappa shape index (κ3) is 4.73. The van der Waals surface area contributed by atoms with Crippen LogP contribution in [-0.2, 0) is 19.4 Å². The average Bonchev–Trinajstić information content (AvgIpc) is 3.44. The van der Waals surface area contributed by atoms with Gasteiger partial charge in [0.25, 0.3) is 5.91 Å². The molecule has 0 aromatic carbocycles. The van der Waals surface area contributed by atoms with E-state index in [1.165, 1.54) is 22.1 Å². The van der Waals surface area contributed by atoms with Crippen molar-refractivity contribution in [3.63, 3.8) is 0 Å². The fourth-order valence-electron chi connectivity index (χ4n) is 3.98. The lowest BCUT2D eigenvalue weighted by molar-refractivity contribution is -0.120. The van der Waals surface area contributed by atoms with Crippen LogP contribution in [0.5, 0.6) is 5.88 Å². The normalized spacial score (nSPS) is 18.3. The van der Waals surface area contributed by atoms with Crippen molar-refractivity contribution in [1.82, 2.24) is 19.7 Å². The highest BCUT2D eigenvalue weighted by Gasteiger charge is 2.39. The van der Waals surface area contributed by atoms with Gasteiger partial charge < -0.3 is 14.8 Å². The molecule has 1 unspecified atom stereocenters. The topological polar surface area (TPSA) is 125 Å². The Labute approximate surface area is 195 Å². The summed E-state index contributed by atoms with van der Waals surface area (Å²) < 4.78 is 37.3. The average molecular weight is 492 g/mol. The lowest BCUT2D eigenvalue weighted by atomic mass is 9.92. The van der Waals surface area contributed by atoms with Crippen LogP contribution in [0.2, 0.25) is 0 Å². The van der Waals surface area contributed by atoms with E-state index in [4.69, 9.17) is 9.47 Å². The highest BCUT2D eigenvalue weighted by atomic mass is 32.2. The van der Waals surface area contributed by atoms with Gasteiger partial charge in [0.1, 0.15) is 16.4 Å². The van der Waals surface area contributed by atoms with E-state index in [0.29, 0.717) is 53.8 Å². The number of thiazole rings is 1. The van der Waals surface area contributed by atoms with Gasteiger partial charge in [0.05, 0.1) is 12.4 Å². The van der Waals surface area contributed by atoms with Gasteiger partial charge in [-0.05, 0) is 50.2 Å². The Morgan fingerprint density at radius 3 is 2.76 bits per heavy atom. The van der Waals surface area contributed by atoms with Gasteiger partial charge in [-0.3, -0.25) is 9.48 Å². The first-order valence-corrected chi connectivity index (χ1v) is 13.3. The van der Waals surface area contributed by atoms with Crippen molar-refractivity contribution >= 4 is 42.6 Å². The Morgan fingerprint density at radius 2 is 2.03 bits per heavy atom. The van der Waals surface area contributed by atoms with Crippen LogP contribution in [0, 0.1) is 5.92 Å². The number of nitrogens with one attached hydrogen (secondary N) is 1. The largest absolute Gasteiger partial charge is 0.481 e. The second-order valence-corrected chi connectivity index (χ2v) is 11.5. The number of nitrogens with zero attached hydrogens (tertiary/aromatic N) is 4. The molecule has 1 amide bonds. The number of hydrogen-bond donors (Lipinski definition) is 1. The molecule has 176 valence electrons. The molecular formula is C21H25N5O5S2.